The van der Waals surface area contributed by atoms with Gasteiger partial charge in [-0.25, -0.2) is 4.79 Å². The van der Waals surface area contributed by atoms with Crippen LogP contribution in [0, 0.1) is 0 Å². The van der Waals surface area contributed by atoms with Gasteiger partial charge in [0, 0.05) is 16.2 Å². The van der Waals surface area contributed by atoms with Gasteiger partial charge in [-0.2, -0.15) is 0 Å². The summed E-state index contributed by atoms with van der Waals surface area (Å²) in [7, 11) is 1.65. The van der Waals surface area contributed by atoms with E-state index >= 15 is 0 Å². The molecule has 1 aromatic heterocycles. The summed E-state index contributed by atoms with van der Waals surface area (Å²) in [6, 6.07) is 7.91. The van der Waals surface area contributed by atoms with Crippen molar-refractivity contribution in [2.24, 2.45) is 0 Å². The van der Waals surface area contributed by atoms with Gasteiger partial charge in [-0.15, -0.1) is 23.1 Å². The molecule has 3 rings (SSSR count). The van der Waals surface area contributed by atoms with Crippen LogP contribution < -0.4 is 10.1 Å². The molecule has 1 aliphatic carbocycles. The minimum atomic E-state index is -0.322. The summed E-state index contributed by atoms with van der Waals surface area (Å²) >= 11 is 3.25. The molecular weight excluding hydrogens is 406 g/mol. The first-order valence-electron chi connectivity index (χ1n) is 10.0. The molecule has 29 heavy (non-hydrogen) atoms. The van der Waals surface area contributed by atoms with Gasteiger partial charge in [-0.05, 0) is 74.6 Å². The van der Waals surface area contributed by atoms with E-state index in [1.165, 1.54) is 16.2 Å². The molecule has 0 saturated heterocycles. The van der Waals surface area contributed by atoms with Crippen LogP contribution in [0.4, 0.5) is 5.00 Å². The van der Waals surface area contributed by atoms with Crippen LogP contribution in [0.1, 0.15) is 53.4 Å². The number of carbonyl (C=O) groups excluding carboxylic acids is 2. The second-order valence-electron chi connectivity index (χ2n) is 6.81. The lowest BCUT2D eigenvalue weighted by molar-refractivity contribution is -0.116. The molecule has 0 bridgehead atoms. The number of rotatable bonds is 9. The lowest BCUT2D eigenvalue weighted by atomic mass is 9.95. The Morgan fingerprint density at radius 2 is 1.93 bits per heavy atom. The van der Waals surface area contributed by atoms with Crippen LogP contribution in [0.3, 0.4) is 0 Å². The second-order valence-corrected chi connectivity index (χ2v) is 9.08. The number of ether oxygens (including phenoxy) is 2. The molecule has 1 N–H and O–H groups in total. The van der Waals surface area contributed by atoms with Gasteiger partial charge in [-0.1, -0.05) is 0 Å². The normalized spacial score (nSPS) is 12.9. The number of aryl methyl sites for hydroxylation is 1. The first kappa shape index (κ1) is 21.7. The Labute approximate surface area is 180 Å². The fourth-order valence-corrected chi connectivity index (χ4v) is 5.50. The molecule has 1 amide bonds. The number of hydrogen-bond acceptors (Lipinski definition) is 6. The highest BCUT2D eigenvalue weighted by molar-refractivity contribution is 7.99. The monoisotopic (exact) mass is 433 g/mol. The van der Waals surface area contributed by atoms with Gasteiger partial charge in [-0.3, -0.25) is 4.79 Å². The van der Waals surface area contributed by atoms with Crippen LogP contribution in [0.15, 0.2) is 29.2 Å². The molecule has 1 aliphatic rings. The van der Waals surface area contributed by atoms with Crippen LogP contribution in [-0.4, -0.2) is 31.3 Å². The SMILES string of the molecule is CCOC(=O)c1c(NC(=O)CCCSc2ccc(OC)cc2)sc2c1CCCC2. The lowest BCUT2D eigenvalue weighted by Crippen LogP contribution is -2.15. The first-order valence-corrected chi connectivity index (χ1v) is 11.8. The van der Waals surface area contributed by atoms with Crippen molar-refractivity contribution in [3.63, 3.8) is 0 Å². The summed E-state index contributed by atoms with van der Waals surface area (Å²) in [4.78, 5) is 27.3. The van der Waals surface area contributed by atoms with E-state index in [9.17, 15) is 9.59 Å². The van der Waals surface area contributed by atoms with Gasteiger partial charge in [0.1, 0.15) is 10.8 Å². The molecule has 0 unspecified atom stereocenters. The summed E-state index contributed by atoms with van der Waals surface area (Å²) in [6.45, 7) is 2.13. The van der Waals surface area contributed by atoms with E-state index in [1.54, 1.807) is 25.8 Å². The fourth-order valence-electron chi connectivity index (χ4n) is 3.36. The van der Waals surface area contributed by atoms with Crippen LogP contribution in [0.2, 0.25) is 0 Å². The predicted octanol–water partition coefficient (Wildman–Crippen LogP) is 5.32. The highest BCUT2D eigenvalue weighted by Crippen LogP contribution is 2.38. The Hall–Kier alpha value is -1.99. The maximum atomic E-state index is 12.5. The highest BCUT2D eigenvalue weighted by atomic mass is 32.2. The van der Waals surface area contributed by atoms with Crippen LogP contribution in [-0.2, 0) is 22.4 Å². The van der Waals surface area contributed by atoms with Gasteiger partial charge in [0.05, 0.1) is 19.3 Å². The van der Waals surface area contributed by atoms with Gasteiger partial charge in [0.25, 0.3) is 0 Å². The average molecular weight is 434 g/mol. The zero-order valence-corrected chi connectivity index (χ0v) is 18.5. The third-order valence-electron chi connectivity index (χ3n) is 4.78. The number of nitrogens with one attached hydrogen (secondary N) is 1. The molecule has 0 spiro atoms. The second kappa shape index (κ2) is 10.7. The molecule has 0 atom stereocenters. The minimum absolute atomic E-state index is 0.0514. The highest BCUT2D eigenvalue weighted by Gasteiger charge is 2.27. The van der Waals surface area contributed by atoms with E-state index in [0.29, 0.717) is 23.6 Å². The van der Waals surface area contributed by atoms with Gasteiger partial charge in [0.15, 0.2) is 0 Å². The van der Waals surface area contributed by atoms with Gasteiger partial charge < -0.3 is 14.8 Å². The van der Waals surface area contributed by atoms with Crippen LogP contribution in [0.25, 0.3) is 0 Å². The number of esters is 1. The molecule has 5 nitrogen and oxygen atoms in total. The number of hydrogen-bond donors (Lipinski definition) is 1. The molecule has 7 heteroatoms. The Balaban J connectivity index is 1.54. The quantitative estimate of drug-likeness (QED) is 0.329. The summed E-state index contributed by atoms with van der Waals surface area (Å²) in [5, 5.41) is 3.63. The third kappa shape index (κ3) is 5.76. The van der Waals surface area contributed by atoms with E-state index in [0.717, 1.165) is 54.1 Å². The summed E-state index contributed by atoms with van der Waals surface area (Å²) in [6.07, 6.45) is 5.25. The van der Waals surface area contributed by atoms with E-state index in [4.69, 9.17) is 9.47 Å². The summed E-state index contributed by atoms with van der Waals surface area (Å²) in [5.41, 5.74) is 1.65. The standard InChI is InChI=1S/C22H27NO4S2/c1-3-27-22(25)20-17-7-4-5-8-18(17)29-21(20)23-19(24)9-6-14-28-16-12-10-15(26-2)11-13-16/h10-13H,3-9,14H2,1-2H3,(H,23,24). The zero-order chi connectivity index (χ0) is 20.6. The van der Waals surface area contributed by atoms with E-state index in [2.05, 4.69) is 5.32 Å². The lowest BCUT2D eigenvalue weighted by Gasteiger charge is -2.12. The van der Waals surface area contributed by atoms with Crippen molar-refractivity contribution in [3.05, 3.63) is 40.3 Å². The maximum absolute atomic E-state index is 12.5. The number of methoxy groups -OCH3 is 1. The third-order valence-corrected chi connectivity index (χ3v) is 7.09. The minimum Gasteiger partial charge on any atom is -0.497 e. The molecule has 156 valence electrons. The smallest absolute Gasteiger partial charge is 0.341 e. The number of thiophene rings is 1. The Bertz CT molecular complexity index is 845. The first-order chi connectivity index (χ1) is 14.1. The number of anilines is 1. The summed E-state index contributed by atoms with van der Waals surface area (Å²) in [5.74, 6) is 1.32. The molecular formula is C22H27NO4S2. The Morgan fingerprint density at radius 3 is 2.66 bits per heavy atom. The molecule has 0 aliphatic heterocycles. The number of fused-ring (bicyclic) bond motifs is 1. The molecule has 0 fully saturated rings. The largest absolute Gasteiger partial charge is 0.497 e. The van der Waals surface area contributed by atoms with Crippen molar-refractivity contribution in [3.8, 4) is 5.75 Å². The number of thioether (sulfide) groups is 1. The fraction of sp³-hybridized carbons (Fsp3) is 0.455. The van der Waals surface area contributed by atoms with E-state index in [-0.39, 0.29) is 11.9 Å². The number of amides is 1. The van der Waals surface area contributed by atoms with E-state index < -0.39 is 0 Å². The van der Waals surface area contributed by atoms with Crippen LogP contribution in [0.5, 0.6) is 5.75 Å². The van der Waals surface area contributed by atoms with Crippen LogP contribution >= 0.6 is 23.1 Å². The Kier molecular flexibility index (Phi) is 8.00. The number of benzene rings is 1. The molecule has 0 radical (unpaired) electrons. The van der Waals surface area contributed by atoms with Crippen molar-refractivity contribution in [1.29, 1.82) is 0 Å². The molecule has 1 aromatic carbocycles. The number of carbonyl (C=O) groups is 2. The topological polar surface area (TPSA) is 64.6 Å². The average Bonchev–Trinajstić information content (AvgIpc) is 3.09. The van der Waals surface area contributed by atoms with Crippen molar-refractivity contribution >= 4 is 40.0 Å². The molecule has 2 aromatic rings. The predicted molar refractivity (Wildman–Crippen MR) is 118 cm³/mol. The summed E-state index contributed by atoms with van der Waals surface area (Å²) < 4.78 is 10.4. The Morgan fingerprint density at radius 1 is 1.17 bits per heavy atom. The van der Waals surface area contributed by atoms with Crippen molar-refractivity contribution in [2.45, 2.75) is 50.3 Å². The van der Waals surface area contributed by atoms with Crippen molar-refractivity contribution in [1.82, 2.24) is 0 Å². The van der Waals surface area contributed by atoms with Crippen molar-refractivity contribution < 1.29 is 19.1 Å². The molecule has 1 heterocycles. The molecule has 0 saturated carbocycles. The van der Waals surface area contributed by atoms with Gasteiger partial charge >= 0.3 is 5.97 Å². The maximum Gasteiger partial charge on any atom is 0.341 e. The van der Waals surface area contributed by atoms with E-state index in [1.807, 2.05) is 24.3 Å². The van der Waals surface area contributed by atoms with Gasteiger partial charge in [0.2, 0.25) is 5.91 Å². The zero-order valence-electron chi connectivity index (χ0n) is 16.9. The van der Waals surface area contributed by atoms with Crippen molar-refractivity contribution in [2.75, 3.05) is 24.8 Å².